The molecule has 0 amide bonds. The first-order valence-corrected chi connectivity index (χ1v) is 7.37. The fourth-order valence-corrected chi connectivity index (χ4v) is 3.02. The molecule has 1 heterocycles. The number of hydrogen-bond donors (Lipinski definition) is 1. The summed E-state index contributed by atoms with van der Waals surface area (Å²) in [6.07, 6.45) is 1.34. The van der Waals surface area contributed by atoms with Gasteiger partial charge in [-0.15, -0.1) is 11.3 Å². The van der Waals surface area contributed by atoms with E-state index in [1.807, 2.05) is 0 Å². The highest BCUT2D eigenvalue weighted by Crippen LogP contribution is 2.21. The summed E-state index contributed by atoms with van der Waals surface area (Å²) in [7, 11) is 0. The van der Waals surface area contributed by atoms with Crippen LogP contribution >= 0.6 is 27.3 Å². The fraction of sp³-hybridized carbons (Fsp3) is 0.667. The van der Waals surface area contributed by atoms with Crippen LogP contribution in [0.25, 0.3) is 0 Å². The molecule has 1 atom stereocenters. The number of hydrogen-bond acceptors (Lipinski definition) is 3. The largest absolute Gasteiger partial charge is 0.377 e. The van der Waals surface area contributed by atoms with Crippen LogP contribution in [0.1, 0.15) is 25.6 Å². The third-order valence-corrected chi connectivity index (χ3v) is 3.91. The van der Waals surface area contributed by atoms with E-state index in [2.05, 4.69) is 53.5 Å². The zero-order chi connectivity index (χ0) is 12.0. The van der Waals surface area contributed by atoms with Crippen molar-refractivity contribution in [2.24, 2.45) is 0 Å². The molecule has 0 aliphatic heterocycles. The molecule has 0 saturated carbocycles. The number of likely N-dealkylation sites (N-methyl/N-ethyl adjacent to an activating group) is 1. The minimum Gasteiger partial charge on any atom is -0.377 e. The third-order valence-electron chi connectivity index (χ3n) is 2.19. The van der Waals surface area contributed by atoms with Crippen molar-refractivity contribution in [2.45, 2.75) is 39.3 Å². The van der Waals surface area contributed by atoms with E-state index < -0.39 is 0 Å². The van der Waals surface area contributed by atoms with Gasteiger partial charge in [0.15, 0.2) is 0 Å². The van der Waals surface area contributed by atoms with E-state index in [1.165, 1.54) is 9.35 Å². The van der Waals surface area contributed by atoms with Gasteiger partial charge in [-0.2, -0.15) is 0 Å². The molecule has 1 N–H and O–H groups in total. The summed E-state index contributed by atoms with van der Waals surface area (Å²) in [4.78, 5) is 1.39. The lowest BCUT2D eigenvalue weighted by atomic mass is 10.2. The Kier molecular flexibility index (Phi) is 6.58. The van der Waals surface area contributed by atoms with Crippen molar-refractivity contribution < 1.29 is 4.74 Å². The van der Waals surface area contributed by atoms with Gasteiger partial charge in [0.05, 0.1) is 12.7 Å². The van der Waals surface area contributed by atoms with Gasteiger partial charge < -0.3 is 10.1 Å². The van der Waals surface area contributed by atoms with Gasteiger partial charge in [0, 0.05) is 20.8 Å². The molecule has 1 unspecified atom stereocenters. The van der Waals surface area contributed by atoms with Gasteiger partial charge in [0.1, 0.15) is 0 Å². The van der Waals surface area contributed by atoms with E-state index in [0.717, 1.165) is 19.6 Å². The molecule has 0 aliphatic rings. The van der Waals surface area contributed by atoms with Crippen molar-refractivity contribution in [3.63, 3.8) is 0 Å². The van der Waals surface area contributed by atoms with Gasteiger partial charge in [0.2, 0.25) is 0 Å². The van der Waals surface area contributed by atoms with E-state index in [9.17, 15) is 0 Å². The van der Waals surface area contributed by atoms with Crippen molar-refractivity contribution in [3.05, 3.63) is 20.8 Å². The summed E-state index contributed by atoms with van der Waals surface area (Å²) in [6, 6.07) is 2.60. The Morgan fingerprint density at radius 2 is 2.25 bits per heavy atom. The SMILES string of the molecule is CCNC(COC(C)C)Cc1cc(Br)cs1. The summed E-state index contributed by atoms with van der Waals surface area (Å²) in [5, 5.41) is 5.59. The predicted molar refractivity (Wildman–Crippen MR) is 74.3 cm³/mol. The highest BCUT2D eigenvalue weighted by atomic mass is 79.9. The standard InChI is InChI=1S/C12H20BrNOS/c1-4-14-11(7-15-9(2)3)6-12-5-10(13)8-16-12/h5,8-9,11,14H,4,6-7H2,1-3H3. The van der Waals surface area contributed by atoms with Gasteiger partial charge in [-0.05, 0) is 48.8 Å². The number of nitrogens with one attached hydrogen (secondary N) is 1. The highest BCUT2D eigenvalue weighted by molar-refractivity contribution is 9.10. The number of ether oxygens (including phenoxy) is 1. The average molecular weight is 306 g/mol. The van der Waals surface area contributed by atoms with Crippen LogP contribution in [0.15, 0.2) is 15.9 Å². The summed E-state index contributed by atoms with van der Waals surface area (Å²) in [5.74, 6) is 0. The first kappa shape index (κ1) is 14.2. The van der Waals surface area contributed by atoms with Crippen LogP contribution in [0.2, 0.25) is 0 Å². The van der Waals surface area contributed by atoms with Crippen LogP contribution in [-0.4, -0.2) is 25.3 Å². The zero-order valence-electron chi connectivity index (χ0n) is 10.1. The molecule has 0 fully saturated rings. The highest BCUT2D eigenvalue weighted by Gasteiger charge is 2.10. The zero-order valence-corrected chi connectivity index (χ0v) is 12.5. The molecule has 2 nitrogen and oxygen atoms in total. The molecule has 0 aliphatic carbocycles. The minimum absolute atomic E-state index is 0.302. The van der Waals surface area contributed by atoms with Gasteiger partial charge >= 0.3 is 0 Å². The molecule has 0 aromatic carbocycles. The second-order valence-corrected chi connectivity index (χ2v) is 5.98. The van der Waals surface area contributed by atoms with E-state index >= 15 is 0 Å². The van der Waals surface area contributed by atoms with E-state index in [0.29, 0.717) is 12.1 Å². The lowest BCUT2D eigenvalue weighted by Gasteiger charge is -2.18. The predicted octanol–water partition coefficient (Wildman–Crippen LogP) is 3.46. The van der Waals surface area contributed by atoms with Gasteiger partial charge in [0.25, 0.3) is 0 Å². The fourth-order valence-electron chi connectivity index (χ4n) is 1.49. The van der Waals surface area contributed by atoms with E-state index in [1.54, 1.807) is 11.3 Å². The van der Waals surface area contributed by atoms with Crippen molar-refractivity contribution >= 4 is 27.3 Å². The molecule has 0 spiro atoms. The third kappa shape index (κ3) is 5.43. The molecule has 1 aromatic heterocycles. The maximum Gasteiger partial charge on any atom is 0.0626 e. The first-order chi connectivity index (χ1) is 7.61. The Morgan fingerprint density at radius 3 is 2.75 bits per heavy atom. The van der Waals surface area contributed by atoms with Crippen LogP contribution in [0, 0.1) is 0 Å². The molecule has 4 heteroatoms. The molecule has 0 bridgehead atoms. The smallest absolute Gasteiger partial charge is 0.0626 e. The van der Waals surface area contributed by atoms with Crippen LogP contribution in [0.3, 0.4) is 0 Å². The second kappa shape index (κ2) is 7.43. The van der Waals surface area contributed by atoms with Crippen molar-refractivity contribution in [3.8, 4) is 0 Å². The Bertz CT molecular complexity index is 301. The van der Waals surface area contributed by atoms with Gasteiger partial charge in [-0.3, -0.25) is 0 Å². The molecule has 0 saturated heterocycles. The molecular formula is C12H20BrNOS. The topological polar surface area (TPSA) is 21.3 Å². The monoisotopic (exact) mass is 305 g/mol. The quantitative estimate of drug-likeness (QED) is 0.833. The summed E-state index contributed by atoms with van der Waals surface area (Å²) in [5.41, 5.74) is 0. The lowest BCUT2D eigenvalue weighted by molar-refractivity contribution is 0.0617. The maximum atomic E-state index is 5.67. The van der Waals surface area contributed by atoms with E-state index in [-0.39, 0.29) is 0 Å². The van der Waals surface area contributed by atoms with E-state index in [4.69, 9.17) is 4.74 Å². The van der Waals surface area contributed by atoms with Gasteiger partial charge in [-0.1, -0.05) is 6.92 Å². The van der Waals surface area contributed by atoms with Crippen LogP contribution in [-0.2, 0) is 11.2 Å². The summed E-state index contributed by atoms with van der Waals surface area (Å²) >= 11 is 5.28. The minimum atomic E-state index is 0.302. The molecule has 92 valence electrons. The van der Waals surface area contributed by atoms with Crippen molar-refractivity contribution in [1.29, 1.82) is 0 Å². The van der Waals surface area contributed by atoms with Crippen LogP contribution < -0.4 is 5.32 Å². The summed E-state index contributed by atoms with van der Waals surface area (Å²) < 4.78 is 6.84. The summed E-state index contributed by atoms with van der Waals surface area (Å²) in [6.45, 7) is 8.04. The van der Waals surface area contributed by atoms with Crippen LogP contribution in [0.4, 0.5) is 0 Å². The lowest BCUT2D eigenvalue weighted by Crippen LogP contribution is -2.35. The average Bonchev–Trinajstić information content (AvgIpc) is 2.61. The normalized spacial score (nSPS) is 13.3. The molecule has 0 radical (unpaired) electrons. The molecular weight excluding hydrogens is 286 g/mol. The first-order valence-electron chi connectivity index (χ1n) is 5.69. The number of halogens is 1. The number of thiophene rings is 1. The Morgan fingerprint density at radius 1 is 1.50 bits per heavy atom. The number of rotatable bonds is 7. The Balaban J connectivity index is 2.43. The second-order valence-electron chi connectivity index (χ2n) is 4.07. The Hall–Kier alpha value is 0.1000. The Labute approximate surface area is 111 Å². The van der Waals surface area contributed by atoms with Gasteiger partial charge in [-0.25, -0.2) is 0 Å². The molecule has 16 heavy (non-hydrogen) atoms. The van der Waals surface area contributed by atoms with Crippen molar-refractivity contribution in [2.75, 3.05) is 13.2 Å². The maximum absolute atomic E-state index is 5.67. The van der Waals surface area contributed by atoms with Crippen LogP contribution in [0.5, 0.6) is 0 Å². The van der Waals surface area contributed by atoms with Crippen molar-refractivity contribution in [1.82, 2.24) is 5.32 Å². The molecule has 1 aromatic rings. The molecule has 1 rings (SSSR count).